The van der Waals surface area contributed by atoms with Crippen molar-refractivity contribution in [2.45, 2.75) is 17.1 Å². The molecule has 3 aromatic rings. The van der Waals surface area contributed by atoms with Gasteiger partial charge < -0.3 is 5.73 Å². The molecule has 0 radical (unpaired) electrons. The van der Waals surface area contributed by atoms with Crippen molar-refractivity contribution >= 4 is 23.4 Å². The van der Waals surface area contributed by atoms with Crippen LogP contribution in [-0.4, -0.2) is 20.2 Å². The normalized spacial score (nSPS) is 12.0. The number of Topliss-reactive ketones (excluding diaryl/α,β-unsaturated/α-hetero) is 1. The Balaban J connectivity index is 1.84. The molecule has 144 valence electrons. The first-order chi connectivity index (χ1) is 13.3. The molecule has 1 aromatic heterocycles. The second kappa shape index (κ2) is 7.90. The first-order valence-corrected chi connectivity index (χ1v) is 9.61. The topological polar surface area (TPSA) is 87.1 Å². The molecule has 1 atom stereocenters. The molecule has 2 N–H and O–H groups in total. The molecule has 0 saturated heterocycles. The van der Waals surface area contributed by atoms with Crippen LogP contribution in [0.15, 0.2) is 69.1 Å². The smallest absolute Gasteiger partial charge is 0.332 e. The van der Waals surface area contributed by atoms with E-state index < -0.39 is 22.3 Å². The van der Waals surface area contributed by atoms with Gasteiger partial charge in [0.1, 0.15) is 11.4 Å². The van der Waals surface area contributed by atoms with Crippen molar-refractivity contribution in [2.75, 3.05) is 5.73 Å². The van der Waals surface area contributed by atoms with Crippen molar-refractivity contribution in [3.05, 3.63) is 81.0 Å². The van der Waals surface area contributed by atoms with Gasteiger partial charge in [-0.05, 0) is 30.2 Å². The van der Waals surface area contributed by atoms with Gasteiger partial charge in [0.25, 0.3) is 5.56 Å². The molecule has 0 bridgehead atoms. The average molecular weight is 395 g/mol. The third-order valence-electron chi connectivity index (χ3n) is 4.60. The molecule has 0 spiro atoms. The minimum absolute atomic E-state index is 0.107. The summed E-state index contributed by atoms with van der Waals surface area (Å²) in [6.07, 6.45) is 0. The summed E-state index contributed by atoms with van der Waals surface area (Å²) in [5.41, 5.74) is 6.71. The molecule has 0 aliphatic carbocycles. The zero-order chi connectivity index (χ0) is 20.4. The summed E-state index contributed by atoms with van der Waals surface area (Å²) in [6.45, 7) is 1.72. The number of nitrogen functional groups attached to an aromatic ring is 1. The highest BCUT2D eigenvalue weighted by Crippen LogP contribution is 2.28. The second-order valence-electron chi connectivity index (χ2n) is 6.48. The number of aromatic nitrogens is 2. The van der Waals surface area contributed by atoms with E-state index in [1.54, 1.807) is 6.92 Å². The van der Waals surface area contributed by atoms with E-state index in [1.165, 1.54) is 25.9 Å². The number of thioether (sulfide) groups is 1. The molecule has 2 aromatic carbocycles. The van der Waals surface area contributed by atoms with Crippen LogP contribution in [0.25, 0.3) is 11.1 Å². The third kappa shape index (κ3) is 3.66. The Hall–Kier alpha value is -3.06. The molecule has 1 heterocycles. The third-order valence-corrected chi connectivity index (χ3v) is 5.71. The summed E-state index contributed by atoms with van der Waals surface area (Å²) in [7, 11) is 2.77. The fourth-order valence-electron chi connectivity index (χ4n) is 2.91. The van der Waals surface area contributed by atoms with Crippen LogP contribution in [0.2, 0.25) is 0 Å². The van der Waals surface area contributed by atoms with Gasteiger partial charge in [-0.25, -0.2) is 4.79 Å². The summed E-state index contributed by atoms with van der Waals surface area (Å²) in [6, 6.07) is 17.9. The Morgan fingerprint density at radius 3 is 2.11 bits per heavy atom. The van der Waals surface area contributed by atoms with E-state index in [9.17, 15) is 14.4 Å². The van der Waals surface area contributed by atoms with E-state index in [4.69, 9.17) is 5.73 Å². The van der Waals surface area contributed by atoms with Gasteiger partial charge in [0.2, 0.25) is 0 Å². The SMILES string of the molecule is CC(Sc1ccc(-c2ccccc2)cc1)C(=O)c1c(N)n(C)c(=O)n(C)c1=O. The van der Waals surface area contributed by atoms with Crippen LogP contribution < -0.4 is 17.0 Å². The van der Waals surface area contributed by atoms with Crippen molar-refractivity contribution in [3.8, 4) is 11.1 Å². The zero-order valence-electron chi connectivity index (χ0n) is 15.9. The first kappa shape index (κ1) is 19.7. The highest BCUT2D eigenvalue weighted by atomic mass is 32.2. The minimum atomic E-state index is -0.669. The number of benzene rings is 2. The Labute approximate surface area is 166 Å². The Morgan fingerprint density at radius 1 is 0.929 bits per heavy atom. The Kier molecular flexibility index (Phi) is 5.56. The maximum Gasteiger partial charge on any atom is 0.332 e. The Bertz CT molecular complexity index is 1130. The Morgan fingerprint density at radius 2 is 1.50 bits per heavy atom. The van der Waals surface area contributed by atoms with Crippen LogP contribution in [-0.2, 0) is 14.1 Å². The van der Waals surface area contributed by atoms with Crippen LogP contribution in [0.3, 0.4) is 0 Å². The van der Waals surface area contributed by atoms with Gasteiger partial charge in [0.05, 0.1) is 5.25 Å². The summed E-state index contributed by atoms with van der Waals surface area (Å²) < 4.78 is 2.01. The lowest BCUT2D eigenvalue weighted by Gasteiger charge is -2.14. The number of rotatable bonds is 5. The van der Waals surface area contributed by atoms with Crippen molar-refractivity contribution in [1.29, 1.82) is 0 Å². The van der Waals surface area contributed by atoms with Gasteiger partial charge in [-0.1, -0.05) is 42.5 Å². The van der Waals surface area contributed by atoms with E-state index in [-0.39, 0.29) is 11.4 Å². The van der Waals surface area contributed by atoms with Crippen LogP contribution in [0, 0.1) is 0 Å². The van der Waals surface area contributed by atoms with Gasteiger partial charge in [-0.2, -0.15) is 0 Å². The molecule has 0 amide bonds. The van der Waals surface area contributed by atoms with E-state index in [1.807, 2.05) is 54.6 Å². The largest absolute Gasteiger partial charge is 0.384 e. The van der Waals surface area contributed by atoms with Crippen molar-refractivity contribution in [1.82, 2.24) is 9.13 Å². The lowest BCUT2D eigenvalue weighted by atomic mass is 10.1. The van der Waals surface area contributed by atoms with Crippen molar-refractivity contribution in [3.63, 3.8) is 0 Å². The van der Waals surface area contributed by atoms with Gasteiger partial charge >= 0.3 is 5.69 Å². The molecular formula is C21H21N3O3S. The fourth-order valence-corrected chi connectivity index (χ4v) is 3.84. The fraction of sp³-hybridized carbons (Fsp3) is 0.190. The lowest BCUT2D eigenvalue weighted by Crippen LogP contribution is -2.42. The number of nitrogens with zero attached hydrogens (tertiary/aromatic N) is 2. The molecule has 0 aliphatic heterocycles. The predicted molar refractivity (Wildman–Crippen MR) is 113 cm³/mol. The van der Waals surface area contributed by atoms with Gasteiger partial charge in [-0.3, -0.25) is 18.7 Å². The molecule has 0 saturated carbocycles. The van der Waals surface area contributed by atoms with Crippen molar-refractivity contribution in [2.24, 2.45) is 14.1 Å². The first-order valence-electron chi connectivity index (χ1n) is 8.73. The predicted octanol–water partition coefficient (Wildman–Crippen LogP) is 2.70. The standard InChI is InChI=1S/C21H21N3O3S/c1-13(18(25)17-19(22)23(2)21(27)24(3)20(17)26)28-16-11-9-15(10-12-16)14-7-5-4-6-8-14/h4-13H,22H2,1-3H3. The molecule has 28 heavy (non-hydrogen) atoms. The number of ketones is 1. The lowest BCUT2D eigenvalue weighted by molar-refractivity contribution is 0.0992. The number of hydrogen-bond donors (Lipinski definition) is 1. The average Bonchev–Trinajstić information content (AvgIpc) is 2.72. The molecule has 0 aliphatic rings. The second-order valence-corrected chi connectivity index (χ2v) is 7.89. The van der Waals surface area contributed by atoms with Crippen LogP contribution in [0.4, 0.5) is 5.82 Å². The van der Waals surface area contributed by atoms with Crippen LogP contribution in [0.1, 0.15) is 17.3 Å². The van der Waals surface area contributed by atoms with Crippen LogP contribution >= 0.6 is 11.8 Å². The summed E-state index contributed by atoms with van der Waals surface area (Å²) in [5.74, 6) is -0.504. The van der Waals surface area contributed by atoms with Gasteiger partial charge in [0.15, 0.2) is 5.78 Å². The molecule has 7 heteroatoms. The number of anilines is 1. The summed E-state index contributed by atoms with van der Waals surface area (Å²) in [5, 5.41) is -0.532. The van der Waals surface area contributed by atoms with Crippen LogP contribution in [0.5, 0.6) is 0 Å². The highest BCUT2D eigenvalue weighted by Gasteiger charge is 2.25. The van der Waals surface area contributed by atoms with Crippen molar-refractivity contribution < 1.29 is 4.79 Å². The number of carbonyl (C=O) groups is 1. The number of carbonyl (C=O) groups excluding carboxylic acids is 1. The van der Waals surface area contributed by atoms with Gasteiger partial charge in [0, 0.05) is 19.0 Å². The number of nitrogens with two attached hydrogens (primary N) is 1. The van der Waals surface area contributed by atoms with E-state index >= 15 is 0 Å². The summed E-state index contributed by atoms with van der Waals surface area (Å²) >= 11 is 1.34. The monoisotopic (exact) mass is 395 g/mol. The quantitative estimate of drug-likeness (QED) is 0.530. The molecule has 1 unspecified atom stereocenters. The van der Waals surface area contributed by atoms with E-state index in [0.29, 0.717) is 0 Å². The highest BCUT2D eigenvalue weighted by molar-refractivity contribution is 8.00. The summed E-state index contributed by atoms with van der Waals surface area (Å²) in [4.78, 5) is 38.1. The number of hydrogen-bond acceptors (Lipinski definition) is 5. The minimum Gasteiger partial charge on any atom is -0.384 e. The maximum atomic E-state index is 12.9. The van der Waals surface area contributed by atoms with E-state index in [2.05, 4.69) is 0 Å². The molecule has 6 nitrogen and oxygen atoms in total. The molecule has 0 fully saturated rings. The maximum absolute atomic E-state index is 12.9. The van der Waals surface area contributed by atoms with Gasteiger partial charge in [-0.15, -0.1) is 11.8 Å². The molecule has 3 rings (SSSR count). The molecular weight excluding hydrogens is 374 g/mol. The van der Waals surface area contributed by atoms with E-state index in [0.717, 1.165) is 25.2 Å². The zero-order valence-corrected chi connectivity index (χ0v) is 16.7.